The van der Waals surface area contributed by atoms with Gasteiger partial charge in [-0.05, 0) is 50.6 Å². The second kappa shape index (κ2) is 4.91. The number of fused-ring (bicyclic) bond motifs is 1. The highest BCUT2D eigenvalue weighted by molar-refractivity contribution is 9.10. The van der Waals surface area contributed by atoms with Gasteiger partial charge < -0.3 is 0 Å². The van der Waals surface area contributed by atoms with Gasteiger partial charge in [0.2, 0.25) is 5.78 Å². The Bertz CT molecular complexity index is 773. The van der Waals surface area contributed by atoms with Gasteiger partial charge >= 0.3 is 0 Å². The number of hydrogen-bond donors (Lipinski definition) is 0. The maximum absolute atomic E-state index is 12.7. The van der Waals surface area contributed by atoms with Crippen LogP contribution in [0.2, 0.25) is 0 Å². The van der Waals surface area contributed by atoms with Crippen molar-refractivity contribution in [1.29, 1.82) is 0 Å². The van der Waals surface area contributed by atoms with E-state index in [2.05, 4.69) is 22.0 Å². The summed E-state index contributed by atoms with van der Waals surface area (Å²) in [7, 11) is 0. The monoisotopic (exact) mass is 330 g/mol. The average molecular weight is 331 g/mol. The standard InChI is InChI=1S/C16H11BrOS/c1-10-6-7-11-4-2-3-5-12(11)14(10)15(18)16-13(17)8-9-19-16/h2-9H,1H3. The fourth-order valence-electron chi connectivity index (χ4n) is 2.25. The van der Waals surface area contributed by atoms with Crippen molar-refractivity contribution in [1.82, 2.24) is 0 Å². The number of aryl methyl sites for hydroxylation is 1. The van der Waals surface area contributed by atoms with Gasteiger partial charge in [0.05, 0.1) is 4.88 Å². The zero-order valence-electron chi connectivity index (χ0n) is 10.3. The predicted octanol–water partition coefficient (Wildman–Crippen LogP) is 5.20. The summed E-state index contributed by atoms with van der Waals surface area (Å²) in [6, 6.07) is 14.0. The lowest BCUT2D eigenvalue weighted by Gasteiger charge is -2.08. The first kappa shape index (κ1) is 12.6. The van der Waals surface area contributed by atoms with E-state index in [0.29, 0.717) is 0 Å². The SMILES string of the molecule is Cc1ccc2ccccc2c1C(=O)c1sccc1Br. The summed E-state index contributed by atoms with van der Waals surface area (Å²) in [5, 5.41) is 4.05. The van der Waals surface area contributed by atoms with Crippen molar-refractivity contribution < 1.29 is 4.79 Å². The van der Waals surface area contributed by atoms with Crippen molar-refractivity contribution >= 4 is 43.8 Å². The lowest BCUT2D eigenvalue weighted by molar-refractivity contribution is 0.104. The normalized spacial score (nSPS) is 10.8. The fourth-order valence-corrected chi connectivity index (χ4v) is 3.75. The minimum atomic E-state index is 0.0937. The van der Waals surface area contributed by atoms with Crippen LogP contribution >= 0.6 is 27.3 Å². The number of hydrogen-bond acceptors (Lipinski definition) is 2. The van der Waals surface area contributed by atoms with Gasteiger partial charge in [-0.2, -0.15) is 0 Å². The number of halogens is 1. The molecule has 1 nitrogen and oxygen atoms in total. The lowest BCUT2D eigenvalue weighted by Crippen LogP contribution is -2.03. The van der Waals surface area contributed by atoms with E-state index in [1.807, 2.05) is 48.7 Å². The molecule has 94 valence electrons. The minimum Gasteiger partial charge on any atom is -0.288 e. The highest BCUT2D eigenvalue weighted by atomic mass is 79.9. The largest absolute Gasteiger partial charge is 0.288 e. The molecule has 0 saturated heterocycles. The second-order valence-electron chi connectivity index (χ2n) is 4.41. The van der Waals surface area contributed by atoms with E-state index in [4.69, 9.17) is 0 Å². The van der Waals surface area contributed by atoms with Crippen LogP contribution in [0.3, 0.4) is 0 Å². The second-order valence-corrected chi connectivity index (χ2v) is 6.18. The molecule has 19 heavy (non-hydrogen) atoms. The van der Waals surface area contributed by atoms with Crippen LogP contribution in [0, 0.1) is 6.92 Å². The molecule has 2 aromatic carbocycles. The van der Waals surface area contributed by atoms with Crippen molar-refractivity contribution in [3.63, 3.8) is 0 Å². The van der Waals surface area contributed by atoms with E-state index < -0.39 is 0 Å². The molecule has 0 unspecified atom stereocenters. The molecule has 0 atom stereocenters. The quantitative estimate of drug-likeness (QED) is 0.590. The predicted molar refractivity (Wildman–Crippen MR) is 84.1 cm³/mol. The Labute approximate surface area is 124 Å². The van der Waals surface area contributed by atoms with E-state index >= 15 is 0 Å². The van der Waals surface area contributed by atoms with Crippen LogP contribution in [0.5, 0.6) is 0 Å². The number of carbonyl (C=O) groups is 1. The Hall–Kier alpha value is -1.45. The number of thiophene rings is 1. The first-order valence-corrected chi connectivity index (χ1v) is 7.62. The van der Waals surface area contributed by atoms with E-state index in [9.17, 15) is 4.79 Å². The Morgan fingerprint density at radius 3 is 2.63 bits per heavy atom. The van der Waals surface area contributed by atoms with Gasteiger partial charge in [0.1, 0.15) is 0 Å². The summed E-state index contributed by atoms with van der Waals surface area (Å²) in [6.45, 7) is 1.99. The molecule has 1 heterocycles. The van der Waals surface area contributed by atoms with Crippen molar-refractivity contribution in [2.75, 3.05) is 0 Å². The Balaban J connectivity index is 2.28. The lowest BCUT2D eigenvalue weighted by atomic mass is 9.96. The van der Waals surface area contributed by atoms with Crippen LogP contribution in [0.15, 0.2) is 52.3 Å². The number of rotatable bonds is 2. The van der Waals surface area contributed by atoms with E-state index in [-0.39, 0.29) is 5.78 Å². The molecule has 0 N–H and O–H groups in total. The Morgan fingerprint density at radius 2 is 1.89 bits per heavy atom. The summed E-state index contributed by atoms with van der Waals surface area (Å²) >= 11 is 4.92. The van der Waals surface area contributed by atoms with Gasteiger partial charge in [-0.1, -0.05) is 36.4 Å². The van der Waals surface area contributed by atoms with Crippen LogP contribution in [-0.2, 0) is 0 Å². The Morgan fingerprint density at radius 1 is 1.11 bits per heavy atom. The first-order chi connectivity index (χ1) is 9.18. The molecule has 0 aliphatic rings. The third kappa shape index (κ3) is 2.13. The van der Waals surface area contributed by atoms with Gasteiger partial charge in [0, 0.05) is 10.0 Å². The fraction of sp³-hybridized carbons (Fsp3) is 0.0625. The number of carbonyl (C=O) groups excluding carboxylic acids is 1. The summed E-state index contributed by atoms with van der Waals surface area (Å²) in [6.07, 6.45) is 0. The third-order valence-corrected chi connectivity index (χ3v) is 5.02. The molecule has 0 amide bonds. The average Bonchev–Trinajstić information content (AvgIpc) is 2.84. The molecule has 0 fully saturated rings. The van der Waals surface area contributed by atoms with Gasteiger partial charge in [0.15, 0.2) is 0 Å². The van der Waals surface area contributed by atoms with E-state index in [1.165, 1.54) is 11.3 Å². The summed E-state index contributed by atoms with van der Waals surface area (Å²) < 4.78 is 0.870. The smallest absolute Gasteiger partial charge is 0.204 e. The van der Waals surface area contributed by atoms with Gasteiger partial charge in [-0.3, -0.25) is 4.79 Å². The molecule has 3 aromatic rings. The zero-order chi connectivity index (χ0) is 13.4. The maximum Gasteiger partial charge on any atom is 0.204 e. The molecular weight excluding hydrogens is 320 g/mol. The zero-order valence-corrected chi connectivity index (χ0v) is 12.7. The summed E-state index contributed by atoms with van der Waals surface area (Å²) in [5.41, 5.74) is 1.82. The van der Waals surface area contributed by atoms with Crippen LogP contribution in [0.1, 0.15) is 20.8 Å². The highest BCUT2D eigenvalue weighted by Crippen LogP contribution is 2.30. The molecule has 0 aliphatic carbocycles. The van der Waals surface area contributed by atoms with E-state index in [1.54, 1.807) is 0 Å². The van der Waals surface area contributed by atoms with Gasteiger partial charge in [-0.15, -0.1) is 11.3 Å². The number of ketones is 1. The molecule has 0 aliphatic heterocycles. The van der Waals surface area contributed by atoms with Gasteiger partial charge in [-0.25, -0.2) is 0 Å². The minimum absolute atomic E-state index is 0.0937. The maximum atomic E-state index is 12.7. The first-order valence-electron chi connectivity index (χ1n) is 5.94. The van der Waals surface area contributed by atoms with Crippen molar-refractivity contribution in [3.05, 3.63) is 68.3 Å². The molecule has 0 saturated carbocycles. The van der Waals surface area contributed by atoms with Crippen LogP contribution in [0.4, 0.5) is 0 Å². The number of benzene rings is 2. The van der Waals surface area contributed by atoms with Crippen LogP contribution < -0.4 is 0 Å². The van der Waals surface area contributed by atoms with Crippen molar-refractivity contribution in [2.24, 2.45) is 0 Å². The summed E-state index contributed by atoms with van der Waals surface area (Å²) in [4.78, 5) is 13.5. The molecule has 3 heteroatoms. The molecule has 3 rings (SSSR count). The van der Waals surface area contributed by atoms with Crippen molar-refractivity contribution in [3.8, 4) is 0 Å². The summed E-state index contributed by atoms with van der Waals surface area (Å²) in [5.74, 6) is 0.0937. The highest BCUT2D eigenvalue weighted by Gasteiger charge is 2.18. The molecule has 0 bridgehead atoms. The topological polar surface area (TPSA) is 17.1 Å². The third-order valence-electron chi connectivity index (χ3n) is 3.19. The van der Waals surface area contributed by atoms with E-state index in [0.717, 1.165) is 31.2 Å². The van der Waals surface area contributed by atoms with Crippen LogP contribution in [0.25, 0.3) is 10.8 Å². The Kier molecular flexibility index (Phi) is 3.25. The molecule has 1 aromatic heterocycles. The molecule has 0 spiro atoms. The molecule has 0 radical (unpaired) electrons. The van der Waals surface area contributed by atoms with Crippen molar-refractivity contribution in [2.45, 2.75) is 6.92 Å². The van der Waals surface area contributed by atoms with Crippen LogP contribution in [-0.4, -0.2) is 5.78 Å². The van der Waals surface area contributed by atoms with Gasteiger partial charge in [0.25, 0.3) is 0 Å². The molecular formula is C16H11BrOS.